The highest BCUT2D eigenvalue weighted by Crippen LogP contribution is 2.38. The minimum absolute atomic E-state index is 0.113. The first-order chi connectivity index (χ1) is 17.0. The zero-order valence-corrected chi connectivity index (χ0v) is 21.9. The minimum Gasteiger partial charge on any atom is -0.482 e. The highest BCUT2D eigenvalue weighted by Gasteiger charge is 2.28. The molecule has 2 aromatic carbocycles. The Balaban J connectivity index is 1.80. The monoisotopic (exact) mass is 530 g/mol. The van der Waals surface area contributed by atoms with Crippen LogP contribution in [0.1, 0.15) is 60.9 Å². The Morgan fingerprint density at radius 3 is 2.72 bits per heavy atom. The maximum absolute atomic E-state index is 13.1. The summed E-state index contributed by atoms with van der Waals surface area (Å²) < 4.78 is 34.4. The Bertz CT molecular complexity index is 1320. The summed E-state index contributed by atoms with van der Waals surface area (Å²) in [4.78, 5) is 10.8. The molecule has 0 spiro atoms. The van der Waals surface area contributed by atoms with Crippen molar-refractivity contribution in [2.75, 3.05) is 6.61 Å². The highest BCUT2D eigenvalue weighted by molar-refractivity contribution is 7.93. The van der Waals surface area contributed by atoms with E-state index in [9.17, 15) is 13.2 Å². The van der Waals surface area contributed by atoms with Crippen LogP contribution in [0.25, 0.3) is 5.57 Å². The van der Waals surface area contributed by atoms with Gasteiger partial charge in [0, 0.05) is 17.3 Å². The number of benzene rings is 2. The summed E-state index contributed by atoms with van der Waals surface area (Å²) in [5, 5.41) is 9.29. The van der Waals surface area contributed by atoms with Crippen molar-refractivity contribution in [3.63, 3.8) is 0 Å². The Labute approximate surface area is 217 Å². The predicted molar refractivity (Wildman–Crippen MR) is 143 cm³/mol. The third kappa shape index (κ3) is 6.78. The lowest BCUT2D eigenvalue weighted by molar-refractivity contribution is -0.139. The highest BCUT2D eigenvalue weighted by atomic mass is 35.5. The molecule has 0 saturated carbocycles. The number of halogens is 1. The molecule has 0 heterocycles. The normalized spacial score (nSPS) is 16.2. The Morgan fingerprint density at radius 1 is 1.31 bits per heavy atom. The average molecular weight is 531 g/mol. The second kappa shape index (κ2) is 11.8. The average Bonchev–Trinajstić information content (AvgIpc) is 2.83. The van der Waals surface area contributed by atoms with Gasteiger partial charge in [-0.25, -0.2) is 17.9 Å². The number of carboxylic acid groups (broad SMARTS) is 1. The molecule has 0 aromatic heterocycles. The minimum atomic E-state index is -3.94. The van der Waals surface area contributed by atoms with Crippen LogP contribution in [-0.2, 0) is 21.2 Å². The van der Waals surface area contributed by atoms with Gasteiger partial charge >= 0.3 is 5.97 Å². The number of allylic oxidation sites excluding steroid dienone is 3. The second-order valence-corrected chi connectivity index (χ2v) is 11.1. The molecule has 1 aliphatic carbocycles. The van der Waals surface area contributed by atoms with E-state index in [2.05, 4.69) is 25.1 Å². The molecule has 1 unspecified atom stereocenters. The van der Waals surface area contributed by atoms with E-state index in [1.807, 2.05) is 24.3 Å². The number of rotatable bonds is 10. The van der Waals surface area contributed by atoms with Crippen LogP contribution in [0.3, 0.4) is 0 Å². The van der Waals surface area contributed by atoms with Crippen molar-refractivity contribution in [1.29, 1.82) is 0 Å². The summed E-state index contributed by atoms with van der Waals surface area (Å²) in [7, 11) is -3.94. The molecule has 2 aromatic rings. The number of hydrogen-bond acceptors (Lipinski definition) is 5. The predicted octanol–water partition coefficient (Wildman–Crippen LogP) is 5.29. The number of carboxylic acids is 1. The van der Waals surface area contributed by atoms with E-state index in [0.717, 1.165) is 16.7 Å². The van der Waals surface area contributed by atoms with Gasteiger partial charge in [-0.15, -0.1) is 0 Å². The van der Waals surface area contributed by atoms with E-state index in [1.54, 1.807) is 18.2 Å². The lowest BCUT2D eigenvalue weighted by Crippen LogP contribution is -2.31. The molecule has 4 N–H and O–H groups in total. The van der Waals surface area contributed by atoms with Crippen LogP contribution in [0, 0.1) is 0 Å². The van der Waals surface area contributed by atoms with Crippen LogP contribution in [0.5, 0.6) is 5.75 Å². The van der Waals surface area contributed by atoms with Crippen molar-refractivity contribution < 1.29 is 23.1 Å². The van der Waals surface area contributed by atoms with Gasteiger partial charge in [0.1, 0.15) is 5.75 Å². The number of aliphatic carboxylic acids is 1. The summed E-state index contributed by atoms with van der Waals surface area (Å²) >= 11 is 6.23. The fourth-order valence-corrected chi connectivity index (χ4v) is 5.33. The van der Waals surface area contributed by atoms with E-state index in [1.165, 1.54) is 12.3 Å². The van der Waals surface area contributed by atoms with Gasteiger partial charge in [-0.2, -0.15) is 0 Å². The lowest BCUT2D eigenvalue weighted by atomic mass is 9.87. The molecule has 1 aliphatic rings. The van der Waals surface area contributed by atoms with E-state index in [0.29, 0.717) is 47.1 Å². The summed E-state index contributed by atoms with van der Waals surface area (Å²) in [6.45, 7) is 7.44. The van der Waals surface area contributed by atoms with Crippen LogP contribution in [0.15, 0.2) is 66.2 Å². The molecule has 1 atom stereocenters. The molecule has 9 heteroatoms. The maximum Gasteiger partial charge on any atom is 0.341 e. The molecule has 0 radical (unpaired) electrons. The fourth-order valence-electron chi connectivity index (χ4n) is 4.10. The van der Waals surface area contributed by atoms with Crippen LogP contribution in [0.4, 0.5) is 0 Å². The zero-order valence-electron chi connectivity index (χ0n) is 20.3. The van der Waals surface area contributed by atoms with Crippen molar-refractivity contribution in [1.82, 2.24) is 4.72 Å². The van der Waals surface area contributed by atoms with Gasteiger partial charge in [0.2, 0.25) is 10.0 Å². The Hall–Kier alpha value is -3.07. The molecule has 7 nitrogen and oxygen atoms in total. The number of carbonyl (C=O) groups is 1. The van der Waals surface area contributed by atoms with E-state index < -0.39 is 28.6 Å². The zero-order chi connectivity index (χ0) is 26.5. The molecule has 0 saturated heterocycles. The molecule has 0 bridgehead atoms. The first-order valence-corrected chi connectivity index (χ1v) is 13.5. The second-order valence-electron chi connectivity index (χ2n) is 8.92. The van der Waals surface area contributed by atoms with Gasteiger partial charge < -0.3 is 15.6 Å². The molecule has 192 valence electrons. The number of nitrogens with one attached hydrogen (secondary N) is 1. The molecular formula is C27H31ClN2O5S. The summed E-state index contributed by atoms with van der Waals surface area (Å²) in [5.74, 6) is -0.417. The molecule has 0 fully saturated rings. The van der Waals surface area contributed by atoms with E-state index in [-0.39, 0.29) is 4.91 Å². The lowest BCUT2D eigenvalue weighted by Gasteiger charge is -2.28. The fraction of sp³-hybridized carbons (Fsp3) is 0.296. The number of ether oxygens (including phenoxy) is 1. The van der Waals surface area contributed by atoms with Crippen LogP contribution in [0.2, 0.25) is 5.02 Å². The van der Waals surface area contributed by atoms with Gasteiger partial charge in [0.15, 0.2) is 6.61 Å². The van der Waals surface area contributed by atoms with Crippen molar-refractivity contribution in [3.8, 4) is 5.75 Å². The number of sulfonamides is 1. The van der Waals surface area contributed by atoms with Crippen LogP contribution >= 0.6 is 11.6 Å². The first kappa shape index (κ1) is 27.5. The smallest absolute Gasteiger partial charge is 0.341 e. The molecule has 0 amide bonds. The van der Waals surface area contributed by atoms with Crippen LogP contribution < -0.4 is 15.2 Å². The standard InChI is InChI=1S/C27H31ClN2O5S/c1-17(2)19-6-4-7-20(12-19)21(15-29)11-10-18(3)36(33,34)30-25-9-5-8-23-24(25)13-22(28)14-26(23)35-16-27(31)32/h4,6-7,10-15,17,25,30H,3,5,8-9,16,29H2,1-2H3,(H,31,32)/b11-10-,21-15+. The third-order valence-electron chi connectivity index (χ3n) is 6.01. The number of fused-ring (bicyclic) bond motifs is 1. The summed E-state index contributed by atoms with van der Waals surface area (Å²) in [5.41, 5.74) is 9.95. The van der Waals surface area contributed by atoms with Crippen LogP contribution in [-0.4, -0.2) is 26.1 Å². The molecular weight excluding hydrogens is 500 g/mol. The van der Waals surface area contributed by atoms with E-state index in [4.69, 9.17) is 27.2 Å². The molecule has 3 rings (SSSR count). The SMILES string of the molecule is C=C(/C=C\C(=C/N)c1cccc(C(C)C)c1)S(=O)(=O)NC1CCCc2c(OCC(=O)O)cc(Cl)cc21. The Morgan fingerprint density at radius 2 is 2.06 bits per heavy atom. The topological polar surface area (TPSA) is 119 Å². The van der Waals surface area contributed by atoms with Crippen molar-refractivity contribution in [3.05, 3.63) is 93.5 Å². The first-order valence-electron chi connectivity index (χ1n) is 11.6. The number of hydrogen-bond donors (Lipinski definition) is 3. The summed E-state index contributed by atoms with van der Waals surface area (Å²) in [6, 6.07) is 10.6. The van der Waals surface area contributed by atoms with Crippen molar-refractivity contribution in [2.24, 2.45) is 5.73 Å². The largest absolute Gasteiger partial charge is 0.482 e. The maximum atomic E-state index is 13.1. The van der Waals surface area contributed by atoms with Crippen molar-refractivity contribution >= 4 is 33.2 Å². The molecule has 36 heavy (non-hydrogen) atoms. The van der Waals surface area contributed by atoms with Gasteiger partial charge in [0.05, 0.1) is 4.91 Å². The Kier molecular flexibility index (Phi) is 9.00. The molecule has 0 aliphatic heterocycles. The van der Waals surface area contributed by atoms with Crippen molar-refractivity contribution in [2.45, 2.75) is 45.1 Å². The third-order valence-corrected chi connectivity index (χ3v) is 7.65. The van der Waals surface area contributed by atoms with Gasteiger partial charge in [-0.3, -0.25) is 0 Å². The summed E-state index contributed by atoms with van der Waals surface area (Å²) in [6.07, 6.45) is 6.36. The van der Waals surface area contributed by atoms with E-state index >= 15 is 0 Å². The quantitative estimate of drug-likeness (QED) is 0.359. The van der Waals surface area contributed by atoms with Gasteiger partial charge in [0.25, 0.3) is 0 Å². The van der Waals surface area contributed by atoms with Gasteiger partial charge in [-0.1, -0.05) is 62.4 Å². The number of nitrogens with two attached hydrogens (primary N) is 1. The van der Waals surface area contributed by atoms with Gasteiger partial charge in [-0.05, 0) is 71.2 Å².